The van der Waals surface area contributed by atoms with Crippen LogP contribution >= 0.6 is 11.6 Å². The van der Waals surface area contributed by atoms with E-state index in [0.717, 1.165) is 31.2 Å². The Kier molecular flexibility index (Phi) is 6.32. The summed E-state index contributed by atoms with van der Waals surface area (Å²) in [4.78, 5) is 11.8. The molecule has 2 bridgehead atoms. The van der Waals surface area contributed by atoms with Gasteiger partial charge < -0.3 is 9.84 Å². The number of allylic oxidation sites excluding steroid dienone is 3. The average molecular weight is 461 g/mol. The first kappa shape index (κ1) is 23.5. The number of benzene rings is 1. The summed E-state index contributed by atoms with van der Waals surface area (Å²) in [5.74, 6) is 0.189. The van der Waals surface area contributed by atoms with Crippen LogP contribution < -0.4 is 0 Å². The molecule has 0 aromatic heterocycles. The van der Waals surface area contributed by atoms with Gasteiger partial charge in [0.05, 0.1) is 17.5 Å². The van der Waals surface area contributed by atoms with E-state index in [1.165, 1.54) is 17.2 Å². The second-order valence-electron chi connectivity index (χ2n) is 10.7. The molecule has 4 unspecified atom stereocenters. The van der Waals surface area contributed by atoms with Crippen LogP contribution in [-0.4, -0.2) is 23.3 Å². The van der Waals surface area contributed by atoms with Gasteiger partial charge in [-0.3, -0.25) is 4.79 Å². The van der Waals surface area contributed by atoms with Crippen molar-refractivity contribution < 1.29 is 19.0 Å². The van der Waals surface area contributed by atoms with Crippen molar-refractivity contribution in [2.75, 3.05) is 0 Å². The first-order chi connectivity index (χ1) is 15.1. The van der Waals surface area contributed by atoms with Crippen LogP contribution in [0, 0.1) is 28.5 Å². The Morgan fingerprint density at radius 3 is 2.59 bits per heavy atom. The molecule has 4 rings (SSSR count). The van der Waals surface area contributed by atoms with Gasteiger partial charge in [0.1, 0.15) is 11.9 Å². The molecule has 1 heterocycles. The Morgan fingerprint density at radius 1 is 1.22 bits per heavy atom. The Bertz CT molecular complexity index is 966. The zero-order valence-corrected chi connectivity index (χ0v) is 20.2. The quantitative estimate of drug-likeness (QED) is 0.495. The molecule has 0 amide bonds. The summed E-state index contributed by atoms with van der Waals surface area (Å²) in [7, 11) is 0. The first-order valence-electron chi connectivity index (χ1n) is 11.8. The second-order valence-corrected chi connectivity index (χ2v) is 11.1. The molecule has 1 aromatic rings. The van der Waals surface area contributed by atoms with Crippen molar-refractivity contribution in [3.8, 4) is 0 Å². The Labute approximate surface area is 195 Å². The maximum Gasteiger partial charge on any atom is 0.309 e. The largest absolute Gasteiger partial charge is 0.458 e. The fourth-order valence-electron chi connectivity index (χ4n) is 6.24. The Balaban J connectivity index is 1.85. The van der Waals surface area contributed by atoms with Gasteiger partial charge in [-0.25, -0.2) is 4.39 Å². The van der Waals surface area contributed by atoms with Crippen LogP contribution in [0.2, 0.25) is 5.02 Å². The van der Waals surface area contributed by atoms with Crippen molar-refractivity contribution in [3.05, 3.63) is 52.3 Å². The number of aliphatic hydroxyl groups is 1. The van der Waals surface area contributed by atoms with Crippen molar-refractivity contribution in [2.45, 2.75) is 78.4 Å². The van der Waals surface area contributed by atoms with Gasteiger partial charge in [-0.1, -0.05) is 51.4 Å². The molecule has 174 valence electrons. The minimum atomic E-state index is -0.666. The zero-order chi connectivity index (χ0) is 23.3. The molecule has 2 aliphatic carbocycles. The number of cyclic esters (lactones) is 1. The molecule has 3 nitrogen and oxygen atoms in total. The summed E-state index contributed by atoms with van der Waals surface area (Å²) in [5.41, 5.74) is 3.66. The van der Waals surface area contributed by atoms with Crippen molar-refractivity contribution in [1.29, 1.82) is 0 Å². The minimum Gasteiger partial charge on any atom is -0.458 e. The highest BCUT2D eigenvalue weighted by Crippen LogP contribution is 2.67. The summed E-state index contributed by atoms with van der Waals surface area (Å²) in [5, 5.41) is 10.2. The van der Waals surface area contributed by atoms with E-state index in [-0.39, 0.29) is 28.2 Å². The maximum absolute atomic E-state index is 14.0. The molecular weight excluding hydrogens is 427 g/mol. The number of hydrogen-bond acceptors (Lipinski definition) is 3. The number of ether oxygens (including phenoxy) is 1. The molecule has 1 saturated carbocycles. The van der Waals surface area contributed by atoms with E-state index in [2.05, 4.69) is 33.8 Å². The van der Waals surface area contributed by atoms with Crippen molar-refractivity contribution in [1.82, 2.24) is 0 Å². The third-order valence-electron chi connectivity index (χ3n) is 8.39. The van der Waals surface area contributed by atoms with Gasteiger partial charge in [0.25, 0.3) is 0 Å². The average Bonchev–Trinajstić information content (AvgIpc) is 3.05. The molecule has 32 heavy (non-hydrogen) atoms. The summed E-state index contributed by atoms with van der Waals surface area (Å²) < 4.78 is 19.4. The molecule has 0 spiro atoms. The highest BCUT2D eigenvalue weighted by atomic mass is 35.5. The molecule has 1 aliphatic heterocycles. The van der Waals surface area contributed by atoms with E-state index in [1.807, 2.05) is 12.1 Å². The van der Waals surface area contributed by atoms with Crippen LogP contribution in [0.1, 0.15) is 71.8 Å². The second kappa shape index (κ2) is 8.61. The van der Waals surface area contributed by atoms with Gasteiger partial charge in [-0.2, -0.15) is 0 Å². The van der Waals surface area contributed by atoms with Gasteiger partial charge in [0.15, 0.2) is 0 Å². The summed E-state index contributed by atoms with van der Waals surface area (Å²) in [6.07, 6.45) is 7.75. The standard InChI is InChI=1S/C27H34ClFO3/c1-16(2)26-9-10-27(15-26,17(3)4)22(7-6-20-12-19(30)13-25(31)32-20)21(14-26)18-5-8-24(29)23(28)11-18/h5-8,11,16-17,19-20,30H,9-10,12-15H2,1-4H3. The number of carbonyl (C=O) groups excluding carboxylic acids is 1. The lowest BCUT2D eigenvalue weighted by Gasteiger charge is -2.46. The molecule has 1 N–H and O–H groups in total. The molecule has 1 aromatic carbocycles. The highest BCUT2D eigenvalue weighted by molar-refractivity contribution is 6.30. The van der Waals surface area contributed by atoms with Crippen LogP contribution in [0.5, 0.6) is 0 Å². The minimum absolute atomic E-state index is 0.00646. The van der Waals surface area contributed by atoms with Gasteiger partial charge in [-0.05, 0) is 83.3 Å². The lowest BCUT2D eigenvalue weighted by Crippen LogP contribution is -2.36. The van der Waals surface area contributed by atoms with E-state index >= 15 is 0 Å². The van der Waals surface area contributed by atoms with E-state index in [1.54, 1.807) is 6.07 Å². The first-order valence-corrected chi connectivity index (χ1v) is 12.2. The lowest BCUT2D eigenvalue weighted by molar-refractivity contribution is -0.156. The Morgan fingerprint density at radius 2 is 1.97 bits per heavy atom. The van der Waals surface area contributed by atoms with E-state index in [0.29, 0.717) is 18.3 Å². The number of fused-ring (bicyclic) bond motifs is 2. The molecule has 0 radical (unpaired) electrons. The summed E-state index contributed by atoms with van der Waals surface area (Å²) >= 11 is 6.19. The molecule has 2 fully saturated rings. The monoisotopic (exact) mass is 460 g/mol. The van der Waals surface area contributed by atoms with Gasteiger partial charge in [0.2, 0.25) is 0 Å². The van der Waals surface area contributed by atoms with Crippen LogP contribution in [-0.2, 0) is 9.53 Å². The van der Waals surface area contributed by atoms with Crippen molar-refractivity contribution in [2.24, 2.45) is 22.7 Å². The van der Waals surface area contributed by atoms with Crippen LogP contribution in [0.3, 0.4) is 0 Å². The number of aliphatic hydroxyl groups excluding tert-OH is 1. The predicted octanol–water partition coefficient (Wildman–Crippen LogP) is 6.73. The van der Waals surface area contributed by atoms with E-state index < -0.39 is 18.0 Å². The summed E-state index contributed by atoms with van der Waals surface area (Å²) in [6.45, 7) is 9.20. The Hall–Kier alpha value is -1.65. The number of carbonyl (C=O) groups is 1. The van der Waals surface area contributed by atoms with Crippen molar-refractivity contribution in [3.63, 3.8) is 0 Å². The number of rotatable bonds is 5. The third kappa shape index (κ3) is 4.05. The number of hydrogen-bond donors (Lipinski definition) is 1. The van der Waals surface area contributed by atoms with E-state index in [4.69, 9.17) is 16.3 Å². The SMILES string of the molecule is CC(C)C12CCC(C(C)C)(C1)C(C=CC1CC(O)CC(=O)O1)=C(c1ccc(F)c(Cl)c1)C2. The van der Waals surface area contributed by atoms with Crippen LogP contribution in [0.25, 0.3) is 5.57 Å². The fraction of sp³-hybridized carbons (Fsp3) is 0.593. The van der Waals surface area contributed by atoms with E-state index in [9.17, 15) is 14.3 Å². The van der Waals surface area contributed by atoms with Crippen LogP contribution in [0.15, 0.2) is 35.9 Å². The molecule has 4 atom stereocenters. The predicted molar refractivity (Wildman–Crippen MR) is 126 cm³/mol. The third-order valence-corrected chi connectivity index (χ3v) is 8.68. The fourth-order valence-corrected chi connectivity index (χ4v) is 6.43. The molecule has 1 saturated heterocycles. The molecule has 3 aliphatic rings. The van der Waals surface area contributed by atoms with Gasteiger partial charge in [0, 0.05) is 6.42 Å². The normalized spacial score (nSPS) is 33.0. The zero-order valence-electron chi connectivity index (χ0n) is 19.5. The smallest absolute Gasteiger partial charge is 0.309 e. The topological polar surface area (TPSA) is 46.5 Å². The molecular formula is C27H34ClFO3. The van der Waals surface area contributed by atoms with Gasteiger partial charge >= 0.3 is 5.97 Å². The van der Waals surface area contributed by atoms with Crippen molar-refractivity contribution >= 4 is 23.1 Å². The number of esters is 1. The molecule has 5 heteroatoms. The maximum atomic E-state index is 14.0. The lowest BCUT2D eigenvalue weighted by atomic mass is 9.58. The highest BCUT2D eigenvalue weighted by Gasteiger charge is 2.56. The summed E-state index contributed by atoms with van der Waals surface area (Å²) in [6, 6.07) is 5.03. The van der Waals surface area contributed by atoms with Gasteiger partial charge in [-0.15, -0.1) is 0 Å². The number of halogens is 2. The van der Waals surface area contributed by atoms with Crippen LogP contribution in [0.4, 0.5) is 4.39 Å².